The molecule has 0 heterocycles. The van der Waals surface area contributed by atoms with Crippen LogP contribution in [0.2, 0.25) is 0 Å². The van der Waals surface area contributed by atoms with Gasteiger partial charge in [-0.3, -0.25) is 0 Å². The van der Waals surface area contributed by atoms with Crippen molar-refractivity contribution < 1.29 is 14.2 Å². The first kappa shape index (κ1) is 24.7. The third kappa shape index (κ3) is 7.22. The van der Waals surface area contributed by atoms with Gasteiger partial charge in [0.2, 0.25) is 5.75 Å². The van der Waals surface area contributed by atoms with Gasteiger partial charge in [0.25, 0.3) is 0 Å². The van der Waals surface area contributed by atoms with Gasteiger partial charge in [0.05, 0.1) is 27.9 Å². The number of hydrogen-bond donors (Lipinski definition) is 2. The number of methoxy groups -OCH3 is 3. The molecule has 1 aliphatic carbocycles. The Morgan fingerprint density at radius 1 is 1.04 bits per heavy atom. The first-order valence-corrected chi connectivity index (χ1v) is 10.0. The van der Waals surface area contributed by atoms with E-state index in [9.17, 15) is 0 Å². The monoisotopic (exact) mass is 505 g/mol. The highest BCUT2D eigenvalue weighted by Gasteiger charge is 2.16. The second kappa shape index (κ2) is 13.7. The van der Waals surface area contributed by atoms with Gasteiger partial charge in [0.1, 0.15) is 0 Å². The fraction of sp³-hybridized carbons (Fsp3) is 0.667. The molecule has 0 unspecified atom stereocenters. The van der Waals surface area contributed by atoms with Crippen molar-refractivity contribution in [2.24, 2.45) is 10.9 Å². The van der Waals surface area contributed by atoms with E-state index in [0.717, 1.165) is 30.5 Å². The van der Waals surface area contributed by atoms with Crippen LogP contribution in [0.5, 0.6) is 17.2 Å². The summed E-state index contributed by atoms with van der Waals surface area (Å²) < 4.78 is 16.3. The molecule has 0 bridgehead atoms. The van der Waals surface area contributed by atoms with Gasteiger partial charge in [-0.05, 0) is 37.8 Å². The Morgan fingerprint density at radius 3 is 2.36 bits per heavy atom. The van der Waals surface area contributed by atoms with E-state index in [-0.39, 0.29) is 24.0 Å². The van der Waals surface area contributed by atoms with Gasteiger partial charge in [0.15, 0.2) is 17.5 Å². The summed E-state index contributed by atoms with van der Waals surface area (Å²) in [5, 5.41) is 6.76. The molecule has 160 valence electrons. The van der Waals surface area contributed by atoms with Crippen molar-refractivity contribution in [2.75, 3.05) is 34.4 Å². The predicted octanol–water partition coefficient (Wildman–Crippen LogP) is 4.36. The Morgan fingerprint density at radius 2 is 1.75 bits per heavy atom. The fourth-order valence-electron chi connectivity index (χ4n) is 3.69. The minimum absolute atomic E-state index is 0. The van der Waals surface area contributed by atoms with Crippen LogP contribution in [-0.2, 0) is 6.54 Å². The number of hydrogen-bond acceptors (Lipinski definition) is 4. The molecular weight excluding hydrogens is 469 g/mol. The number of halogens is 1. The zero-order valence-electron chi connectivity index (χ0n) is 17.7. The zero-order valence-corrected chi connectivity index (χ0v) is 20.0. The van der Waals surface area contributed by atoms with E-state index >= 15 is 0 Å². The van der Waals surface area contributed by atoms with Crippen LogP contribution in [0.1, 0.15) is 51.0 Å². The molecule has 28 heavy (non-hydrogen) atoms. The van der Waals surface area contributed by atoms with Crippen molar-refractivity contribution in [2.45, 2.75) is 52.0 Å². The molecule has 0 amide bonds. The first-order valence-electron chi connectivity index (χ1n) is 10.0. The van der Waals surface area contributed by atoms with Crippen molar-refractivity contribution in [3.8, 4) is 17.2 Å². The number of aliphatic imine (C=N–C) groups is 1. The predicted molar refractivity (Wildman–Crippen MR) is 126 cm³/mol. The van der Waals surface area contributed by atoms with Crippen molar-refractivity contribution in [3.05, 3.63) is 17.7 Å². The number of nitrogens with one attached hydrogen (secondary N) is 2. The molecule has 1 saturated carbocycles. The van der Waals surface area contributed by atoms with Crippen LogP contribution in [0.25, 0.3) is 0 Å². The molecule has 6 nitrogen and oxygen atoms in total. The van der Waals surface area contributed by atoms with E-state index in [0.29, 0.717) is 23.8 Å². The Balaban J connectivity index is 0.00000392. The quantitative estimate of drug-likeness (QED) is 0.214. The van der Waals surface area contributed by atoms with Crippen molar-refractivity contribution in [1.29, 1.82) is 0 Å². The number of guanidine groups is 1. The summed E-state index contributed by atoms with van der Waals surface area (Å²) >= 11 is 0. The number of nitrogens with zero attached hydrogens (tertiary/aromatic N) is 1. The summed E-state index contributed by atoms with van der Waals surface area (Å²) in [5.41, 5.74) is 0.957. The number of benzene rings is 1. The van der Waals surface area contributed by atoms with Gasteiger partial charge in [-0.15, -0.1) is 24.0 Å². The molecule has 0 radical (unpaired) electrons. The summed E-state index contributed by atoms with van der Waals surface area (Å²) in [6.07, 6.45) is 8.15. The van der Waals surface area contributed by atoms with Gasteiger partial charge >= 0.3 is 0 Å². The largest absolute Gasteiger partial charge is 0.493 e. The third-order valence-electron chi connectivity index (χ3n) is 5.09. The molecule has 1 aromatic carbocycles. The van der Waals surface area contributed by atoms with E-state index in [1.807, 2.05) is 12.1 Å². The number of ether oxygens (including phenoxy) is 3. The number of rotatable bonds is 10. The molecule has 1 fully saturated rings. The third-order valence-corrected chi connectivity index (χ3v) is 5.09. The minimum Gasteiger partial charge on any atom is -0.493 e. The maximum Gasteiger partial charge on any atom is 0.203 e. The molecular formula is C21H36IN3O3. The van der Waals surface area contributed by atoms with Crippen molar-refractivity contribution in [3.63, 3.8) is 0 Å². The molecule has 0 aromatic heterocycles. The van der Waals surface area contributed by atoms with E-state index < -0.39 is 0 Å². The van der Waals surface area contributed by atoms with Gasteiger partial charge < -0.3 is 24.8 Å². The van der Waals surface area contributed by atoms with Crippen LogP contribution in [0.15, 0.2) is 17.1 Å². The summed E-state index contributed by atoms with van der Waals surface area (Å²) in [6, 6.07) is 3.85. The molecule has 0 atom stereocenters. The van der Waals surface area contributed by atoms with Crippen molar-refractivity contribution in [1.82, 2.24) is 10.6 Å². The summed E-state index contributed by atoms with van der Waals surface area (Å²) in [4.78, 5) is 4.71. The SMILES string of the molecule is CCNC(=NCc1ccc(OC)c(OC)c1OC)NCCCC1CCCC1.I. The van der Waals surface area contributed by atoms with Crippen LogP contribution in [0.3, 0.4) is 0 Å². The normalized spacial score (nSPS) is 14.4. The maximum absolute atomic E-state index is 5.54. The van der Waals surface area contributed by atoms with Crippen LogP contribution in [0.4, 0.5) is 0 Å². The van der Waals surface area contributed by atoms with Crippen molar-refractivity contribution >= 4 is 29.9 Å². The highest BCUT2D eigenvalue weighted by Crippen LogP contribution is 2.39. The van der Waals surface area contributed by atoms with Crippen LogP contribution >= 0.6 is 24.0 Å². The molecule has 7 heteroatoms. The maximum atomic E-state index is 5.54. The summed E-state index contributed by atoms with van der Waals surface area (Å²) in [7, 11) is 4.87. The average molecular weight is 505 g/mol. The van der Waals surface area contributed by atoms with Crippen LogP contribution in [-0.4, -0.2) is 40.4 Å². The zero-order chi connectivity index (χ0) is 19.5. The highest BCUT2D eigenvalue weighted by atomic mass is 127. The van der Waals surface area contributed by atoms with Gasteiger partial charge in [-0.25, -0.2) is 4.99 Å². The molecule has 0 saturated heterocycles. The topological polar surface area (TPSA) is 64.1 Å². The van der Waals surface area contributed by atoms with E-state index in [1.165, 1.54) is 38.5 Å². The lowest BCUT2D eigenvalue weighted by atomic mass is 10.0. The second-order valence-corrected chi connectivity index (χ2v) is 6.91. The van der Waals surface area contributed by atoms with Crippen LogP contribution in [0, 0.1) is 5.92 Å². The molecule has 0 aliphatic heterocycles. The van der Waals surface area contributed by atoms with E-state index in [4.69, 9.17) is 19.2 Å². The Kier molecular flexibility index (Phi) is 12.1. The Bertz CT molecular complexity index is 605. The van der Waals surface area contributed by atoms with Gasteiger partial charge in [-0.1, -0.05) is 25.7 Å². The fourth-order valence-corrected chi connectivity index (χ4v) is 3.69. The molecule has 1 aliphatic rings. The van der Waals surface area contributed by atoms with E-state index in [2.05, 4.69) is 17.6 Å². The van der Waals surface area contributed by atoms with Crippen LogP contribution < -0.4 is 24.8 Å². The smallest absolute Gasteiger partial charge is 0.203 e. The minimum atomic E-state index is 0. The molecule has 2 N–H and O–H groups in total. The first-order chi connectivity index (χ1) is 13.2. The lowest BCUT2D eigenvalue weighted by molar-refractivity contribution is 0.322. The lowest BCUT2D eigenvalue weighted by Crippen LogP contribution is -2.37. The second-order valence-electron chi connectivity index (χ2n) is 6.91. The van der Waals surface area contributed by atoms with Gasteiger partial charge in [0, 0.05) is 18.7 Å². The standard InChI is InChI=1S/C21H35N3O3.HI/c1-5-22-21(23-14-8-11-16-9-6-7-10-16)24-15-17-12-13-18(25-2)20(27-4)19(17)26-3;/h12-13,16H,5-11,14-15H2,1-4H3,(H2,22,23,24);1H. The average Bonchev–Trinajstić information content (AvgIpc) is 3.21. The lowest BCUT2D eigenvalue weighted by Gasteiger charge is -2.16. The van der Waals surface area contributed by atoms with E-state index in [1.54, 1.807) is 21.3 Å². The summed E-state index contributed by atoms with van der Waals surface area (Å²) in [6.45, 7) is 4.36. The highest BCUT2D eigenvalue weighted by molar-refractivity contribution is 14.0. The van der Waals surface area contributed by atoms with Gasteiger partial charge in [-0.2, -0.15) is 0 Å². The molecule has 1 aromatic rings. The summed E-state index contributed by atoms with van der Waals surface area (Å²) in [5.74, 6) is 3.68. The Hall–Kier alpha value is -1.38. The molecule has 0 spiro atoms. The Labute approximate surface area is 186 Å². The molecule has 2 rings (SSSR count).